The maximum Gasteiger partial charge on any atom is 0.264 e. The number of thiophene rings is 1. The van der Waals surface area contributed by atoms with Gasteiger partial charge < -0.3 is 24.0 Å². The summed E-state index contributed by atoms with van der Waals surface area (Å²) >= 11 is 1.59. The predicted molar refractivity (Wildman–Crippen MR) is 135 cm³/mol. The molecule has 7 heteroatoms. The standard InChI is InChI=1S/C27H30N2O4S/c1-31-20-10-11-24(32-2)22(17-20)23-9-6-12-29(23)26(30)25-18-21(19-7-4-3-5-8-19)27(34-25)28-13-15-33-16-14-28/h3-5,7-8,10-11,17-18,23H,6,9,12-16H2,1-2H3. The highest BCUT2D eigenvalue weighted by atomic mass is 32.1. The van der Waals surface area contributed by atoms with Crippen molar-refractivity contribution < 1.29 is 19.0 Å². The molecule has 5 rings (SSSR count). The quantitative estimate of drug-likeness (QED) is 0.485. The maximum absolute atomic E-state index is 13.9. The van der Waals surface area contributed by atoms with Gasteiger partial charge in [0.1, 0.15) is 11.5 Å². The smallest absolute Gasteiger partial charge is 0.264 e. The van der Waals surface area contributed by atoms with Gasteiger partial charge in [0.25, 0.3) is 5.91 Å². The van der Waals surface area contributed by atoms with E-state index in [1.807, 2.05) is 41.3 Å². The largest absolute Gasteiger partial charge is 0.497 e. The van der Waals surface area contributed by atoms with Crippen molar-refractivity contribution in [3.63, 3.8) is 0 Å². The molecule has 0 spiro atoms. The van der Waals surface area contributed by atoms with Crippen LogP contribution < -0.4 is 14.4 Å². The second-order valence-electron chi connectivity index (χ2n) is 8.56. The van der Waals surface area contributed by atoms with Crippen molar-refractivity contribution in [3.8, 4) is 22.6 Å². The van der Waals surface area contributed by atoms with E-state index in [0.717, 1.165) is 70.5 Å². The molecule has 1 aromatic heterocycles. The second kappa shape index (κ2) is 10.1. The number of carbonyl (C=O) groups excluding carboxylic acids is 1. The first-order chi connectivity index (χ1) is 16.7. The highest BCUT2D eigenvalue weighted by molar-refractivity contribution is 7.18. The van der Waals surface area contributed by atoms with E-state index in [1.54, 1.807) is 25.6 Å². The molecule has 1 atom stereocenters. The van der Waals surface area contributed by atoms with Crippen molar-refractivity contribution in [2.24, 2.45) is 0 Å². The summed E-state index contributed by atoms with van der Waals surface area (Å²) in [5, 5.41) is 1.15. The molecule has 1 amide bonds. The number of rotatable bonds is 6. The van der Waals surface area contributed by atoms with Crippen molar-refractivity contribution in [1.29, 1.82) is 0 Å². The van der Waals surface area contributed by atoms with Crippen molar-refractivity contribution in [2.45, 2.75) is 18.9 Å². The number of ether oxygens (including phenoxy) is 3. The molecule has 178 valence electrons. The van der Waals surface area contributed by atoms with Crippen LogP contribution in [-0.4, -0.2) is 57.9 Å². The van der Waals surface area contributed by atoms with Crippen LogP contribution >= 0.6 is 11.3 Å². The van der Waals surface area contributed by atoms with Gasteiger partial charge in [-0.1, -0.05) is 30.3 Å². The Kier molecular flexibility index (Phi) is 6.74. The minimum absolute atomic E-state index is 0.0355. The number of anilines is 1. The van der Waals surface area contributed by atoms with E-state index < -0.39 is 0 Å². The third-order valence-electron chi connectivity index (χ3n) is 6.62. The molecular formula is C27H30N2O4S. The molecule has 3 heterocycles. The lowest BCUT2D eigenvalue weighted by molar-refractivity contribution is 0.0739. The van der Waals surface area contributed by atoms with Crippen LogP contribution in [0.1, 0.15) is 34.1 Å². The number of hydrogen-bond acceptors (Lipinski definition) is 6. The maximum atomic E-state index is 13.9. The zero-order chi connectivity index (χ0) is 23.5. The van der Waals surface area contributed by atoms with Crippen LogP contribution in [0.3, 0.4) is 0 Å². The first-order valence-corrected chi connectivity index (χ1v) is 12.6. The van der Waals surface area contributed by atoms with Gasteiger partial charge in [-0.15, -0.1) is 11.3 Å². The first-order valence-electron chi connectivity index (χ1n) is 11.7. The Morgan fingerprint density at radius 3 is 2.53 bits per heavy atom. The number of likely N-dealkylation sites (tertiary alicyclic amines) is 1. The second-order valence-corrected chi connectivity index (χ2v) is 9.59. The molecule has 2 aliphatic rings. The fourth-order valence-corrected chi connectivity index (χ4v) is 6.08. The fraction of sp³-hybridized carbons (Fsp3) is 0.370. The number of amides is 1. The van der Waals surface area contributed by atoms with Crippen LogP contribution in [0, 0.1) is 0 Å². The van der Waals surface area contributed by atoms with Gasteiger partial charge in [-0.25, -0.2) is 0 Å². The third-order valence-corrected chi connectivity index (χ3v) is 7.80. The van der Waals surface area contributed by atoms with Crippen LogP contribution in [-0.2, 0) is 4.74 Å². The highest BCUT2D eigenvalue weighted by Crippen LogP contribution is 2.43. The molecule has 34 heavy (non-hydrogen) atoms. The first kappa shape index (κ1) is 22.7. The number of benzene rings is 2. The van der Waals surface area contributed by atoms with Crippen LogP contribution in [0.2, 0.25) is 0 Å². The molecule has 1 unspecified atom stereocenters. The van der Waals surface area contributed by atoms with Crippen LogP contribution in [0.4, 0.5) is 5.00 Å². The monoisotopic (exact) mass is 478 g/mol. The van der Waals surface area contributed by atoms with Gasteiger partial charge in [-0.3, -0.25) is 4.79 Å². The summed E-state index contributed by atoms with van der Waals surface area (Å²) in [5.74, 6) is 1.64. The Bertz CT molecular complexity index is 1140. The molecule has 2 fully saturated rings. The Hall–Kier alpha value is -3.03. The van der Waals surface area contributed by atoms with E-state index in [9.17, 15) is 4.79 Å². The summed E-state index contributed by atoms with van der Waals surface area (Å²) in [6.07, 6.45) is 1.87. The number of nitrogens with zero attached hydrogens (tertiary/aromatic N) is 2. The van der Waals surface area contributed by atoms with E-state index in [0.29, 0.717) is 13.2 Å². The molecule has 6 nitrogen and oxygen atoms in total. The van der Waals surface area contributed by atoms with Gasteiger partial charge >= 0.3 is 0 Å². The lowest BCUT2D eigenvalue weighted by Crippen LogP contribution is -2.35. The SMILES string of the molecule is COc1ccc(OC)c(C2CCCN2C(=O)c2cc(-c3ccccc3)c(N3CCOCC3)s2)c1. The van der Waals surface area contributed by atoms with E-state index in [-0.39, 0.29) is 11.9 Å². The molecule has 0 saturated carbocycles. The van der Waals surface area contributed by atoms with Gasteiger partial charge in [0.05, 0.1) is 43.4 Å². The van der Waals surface area contributed by atoms with Crippen LogP contribution in [0.5, 0.6) is 11.5 Å². The molecule has 0 bridgehead atoms. The predicted octanol–water partition coefficient (Wildman–Crippen LogP) is 5.25. The van der Waals surface area contributed by atoms with Gasteiger partial charge in [0.15, 0.2) is 0 Å². The zero-order valence-corrected chi connectivity index (χ0v) is 20.5. The number of carbonyl (C=O) groups is 1. The molecule has 0 N–H and O–H groups in total. The Morgan fingerprint density at radius 1 is 1.00 bits per heavy atom. The molecule has 0 radical (unpaired) electrons. The average molecular weight is 479 g/mol. The summed E-state index contributed by atoms with van der Waals surface area (Å²) in [7, 11) is 3.33. The van der Waals surface area contributed by atoms with Crippen molar-refractivity contribution >= 4 is 22.2 Å². The van der Waals surface area contributed by atoms with Crippen LogP contribution in [0.25, 0.3) is 11.1 Å². The topological polar surface area (TPSA) is 51.2 Å². The van der Waals surface area contributed by atoms with Crippen molar-refractivity contribution in [2.75, 3.05) is 52.0 Å². The molecular weight excluding hydrogens is 448 g/mol. The summed E-state index contributed by atoms with van der Waals surface area (Å²) < 4.78 is 16.7. The summed E-state index contributed by atoms with van der Waals surface area (Å²) in [4.78, 5) is 19.0. The molecule has 2 aromatic carbocycles. The lowest BCUT2D eigenvalue weighted by Gasteiger charge is -2.28. The van der Waals surface area contributed by atoms with Gasteiger partial charge in [-0.2, -0.15) is 0 Å². The lowest BCUT2D eigenvalue weighted by atomic mass is 10.0. The molecule has 0 aliphatic carbocycles. The zero-order valence-electron chi connectivity index (χ0n) is 19.7. The highest BCUT2D eigenvalue weighted by Gasteiger charge is 2.34. The van der Waals surface area contributed by atoms with Gasteiger partial charge in [0, 0.05) is 30.8 Å². The normalized spacial score (nSPS) is 18.2. The number of methoxy groups -OCH3 is 2. The van der Waals surface area contributed by atoms with E-state index in [4.69, 9.17) is 14.2 Å². The molecule has 3 aromatic rings. The van der Waals surface area contributed by atoms with Gasteiger partial charge in [0.2, 0.25) is 0 Å². The minimum Gasteiger partial charge on any atom is -0.497 e. The van der Waals surface area contributed by atoms with E-state index in [2.05, 4.69) is 23.1 Å². The molecule has 2 saturated heterocycles. The summed E-state index contributed by atoms with van der Waals surface area (Å²) in [5.41, 5.74) is 3.25. The Balaban J connectivity index is 1.50. The third kappa shape index (κ3) is 4.38. The van der Waals surface area contributed by atoms with Gasteiger partial charge in [-0.05, 0) is 42.7 Å². The van der Waals surface area contributed by atoms with E-state index >= 15 is 0 Å². The number of hydrogen-bond donors (Lipinski definition) is 0. The number of morpholine rings is 1. The Labute approximate surface area is 204 Å². The van der Waals surface area contributed by atoms with Crippen LogP contribution in [0.15, 0.2) is 54.6 Å². The van der Waals surface area contributed by atoms with Crippen molar-refractivity contribution in [1.82, 2.24) is 4.90 Å². The van der Waals surface area contributed by atoms with Crippen molar-refractivity contribution in [3.05, 3.63) is 65.0 Å². The fourth-order valence-electron chi connectivity index (χ4n) is 4.89. The minimum atomic E-state index is -0.0355. The summed E-state index contributed by atoms with van der Waals surface area (Å²) in [6.45, 7) is 3.82. The Morgan fingerprint density at radius 2 is 1.79 bits per heavy atom. The summed E-state index contributed by atoms with van der Waals surface area (Å²) in [6, 6.07) is 18.2. The van der Waals surface area contributed by atoms with E-state index in [1.165, 1.54) is 0 Å². The average Bonchev–Trinajstić information content (AvgIpc) is 3.57. The molecule has 2 aliphatic heterocycles.